The lowest BCUT2D eigenvalue weighted by molar-refractivity contribution is -0.714. The molecule has 0 radical (unpaired) electrons. The number of nitro benzene ring substituents is 1. The van der Waals surface area contributed by atoms with Gasteiger partial charge in [-0.25, -0.2) is 0 Å². The first-order chi connectivity index (χ1) is 13.3. The molecule has 2 atom stereocenters. The Morgan fingerprint density at radius 3 is 2.57 bits per heavy atom. The number of likely N-dealkylation sites (tertiary alicyclic amines) is 1. The van der Waals surface area contributed by atoms with E-state index in [2.05, 4.69) is 17.6 Å². The number of piperidine rings is 1. The summed E-state index contributed by atoms with van der Waals surface area (Å²) in [5, 5.41) is 16.0. The molecular weight excluding hydrogens is 380 g/mol. The fraction of sp³-hybridized carbons (Fsp3) is 0.579. The molecule has 0 aliphatic carbocycles. The standard InChI is InChI=1S/C19H26N4O4S/c1-3-13(2)20-17(24)16-12-28-19(21-16)8-10-22(11-9-19)18(25)14-4-6-15(7-5-14)23(26)27/h4-7,13,16,21H,3,8-12H2,1-2H3,(H,20,24)/p+1/t13-,16+/m0/s1. The molecule has 2 saturated heterocycles. The second-order valence-corrected chi connectivity index (χ2v) is 9.00. The number of nitrogens with zero attached hydrogens (tertiary/aromatic N) is 2. The maximum Gasteiger partial charge on any atom is 0.279 e. The van der Waals surface area contributed by atoms with Gasteiger partial charge in [0.15, 0.2) is 6.04 Å². The topological polar surface area (TPSA) is 109 Å². The highest BCUT2D eigenvalue weighted by molar-refractivity contribution is 8.00. The van der Waals surface area contributed by atoms with E-state index in [0.717, 1.165) is 25.0 Å². The molecule has 152 valence electrons. The van der Waals surface area contributed by atoms with Crippen LogP contribution in [-0.4, -0.2) is 57.4 Å². The van der Waals surface area contributed by atoms with Crippen molar-refractivity contribution in [1.29, 1.82) is 0 Å². The Kier molecular flexibility index (Phi) is 6.24. The number of benzene rings is 1. The lowest BCUT2D eigenvalue weighted by Gasteiger charge is -2.36. The van der Waals surface area contributed by atoms with Crippen LogP contribution in [0.5, 0.6) is 0 Å². The van der Waals surface area contributed by atoms with Gasteiger partial charge in [-0.1, -0.05) is 18.7 Å². The van der Waals surface area contributed by atoms with Gasteiger partial charge in [0.2, 0.25) is 0 Å². The van der Waals surface area contributed by atoms with Crippen molar-refractivity contribution in [3.8, 4) is 0 Å². The molecule has 3 N–H and O–H groups in total. The highest BCUT2D eigenvalue weighted by atomic mass is 32.2. The lowest BCUT2D eigenvalue weighted by atomic mass is 10.0. The van der Waals surface area contributed by atoms with E-state index in [9.17, 15) is 19.7 Å². The molecule has 9 heteroatoms. The van der Waals surface area contributed by atoms with Gasteiger partial charge in [-0.2, -0.15) is 0 Å². The SMILES string of the molecule is CC[C@H](C)NC(=O)[C@H]1CSC2(CCN(C(=O)c3ccc([N+](=O)[O-])cc3)CC2)[NH2+]1. The zero-order valence-corrected chi connectivity index (χ0v) is 17.0. The van der Waals surface area contributed by atoms with Crippen molar-refractivity contribution in [3.05, 3.63) is 39.9 Å². The molecule has 0 saturated carbocycles. The van der Waals surface area contributed by atoms with Crippen LogP contribution in [0.1, 0.15) is 43.5 Å². The number of non-ortho nitro benzene ring substituents is 1. The number of rotatable bonds is 5. The summed E-state index contributed by atoms with van der Waals surface area (Å²) in [4.78, 5) is 37.1. The van der Waals surface area contributed by atoms with Gasteiger partial charge in [0, 0.05) is 49.7 Å². The summed E-state index contributed by atoms with van der Waals surface area (Å²) in [7, 11) is 0. The maximum absolute atomic E-state index is 12.7. The van der Waals surface area contributed by atoms with Gasteiger partial charge in [-0.15, -0.1) is 0 Å². The summed E-state index contributed by atoms with van der Waals surface area (Å²) >= 11 is 1.82. The number of carbonyl (C=O) groups is 2. The highest BCUT2D eigenvalue weighted by Gasteiger charge is 2.48. The molecule has 2 aliphatic rings. The molecule has 1 aromatic carbocycles. The Bertz CT molecular complexity index is 747. The normalized spacial score (nSPS) is 22.1. The number of nitrogens with one attached hydrogen (secondary N) is 1. The predicted octanol–water partition coefficient (Wildman–Crippen LogP) is 1.12. The minimum atomic E-state index is -0.472. The average molecular weight is 408 g/mol. The van der Waals surface area contributed by atoms with Gasteiger partial charge in [0.1, 0.15) is 4.87 Å². The summed E-state index contributed by atoms with van der Waals surface area (Å²) in [6, 6.07) is 5.85. The Morgan fingerprint density at radius 2 is 2.00 bits per heavy atom. The lowest BCUT2D eigenvalue weighted by Crippen LogP contribution is -3.00. The molecular formula is C19H27N4O4S+. The highest BCUT2D eigenvalue weighted by Crippen LogP contribution is 2.34. The molecule has 3 rings (SSSR count). The molecule has 2 amide bonds. The van der Waals surface area contributed by atoms with Crippen LogP contribution < -0.4 is 10.6 Å². The molecule has 0 bridgehead atoms. The number of hydrogen-bond donors (Lipinski definition) is 2. The molecule has 1 aromatic rings. The summed E-state index contributed by atoms with van der Waals surface area (Å²) in [6.45, 7) is 5.31. The number of nitro groups is 1. The predicted molar refractivity (Wildman–Crippen MR) is 107 cm³/mol. The zero-order valence-electron chi connectivity index (χ0n) is 16.2. The summed E-state index contributed by atoms with van der Waals surface area (Å²) in [5.74, 6) is 0.792. The Morgan fingerprint density at radius 1 is 1.36 bits per heavy atom. The van der Waals surface area contributed by atoms with Gasteiger partial charge >= 0.3 is 0 Å². The van der Waals surface area contributed by atoms with Gasteiger partial charge in [0.05, 0.1) is 10.7 Å². The van der Waals surface area contributed by atoms with E-state index >= 15 is 0 Å². The van der Waals surface area contributed by atoms with Crippen LogP contribution in [0.3, 0.4) is 0 Å². The Balaban J connectivity index is 1.55. The average Bonchev–Trinajstić information content (AvgIpc) is 3.11. The number of amides is 2. The number of carbonyl (C=O) groups excluding carboxylic acids is 2. The minimum Gasteiger partial charge on any atom is -0.348 e. The fourth-order valence-corrected chi connectivity index (χ4v) is 5.12. The Hall–Kier alpha value is -2.13. The second kappa shape index (κ2) is 8.48. The van der Waals surface area contributed by atoms with Crippen molar-refractivity contribution in [3.63, 3.8) is 0 Å². The summed E-state index contributed by atoms with van der Waals surface area (Å²) in [6.07, 6.45) is 2.56. The van der Waals surface area contributed by atoms with E-state index in [1.165, 1.54) is 24.3 Å². The van der Waals surface area contributed by atoms with Crippen molar-refractivity contribution >= 4 is 29.3 Å². The van der Waals surface area contributed by atoms with E-state index in [0.29, 0.717) is 18.7 Å². The molecule has 8 nitrogen and oxygen atoms in total. The smallest absolute Gasteiger partial charge is 0.279 e. The van der Waals surface area contributed by atoms with Gasteiger partial charge in [-0.05, 0) is 25.5 Å². The van der Waals surface area contributed by atoms with Crippen molar-refractivity contribution in [2.24, 2.45) is 0 Å². The van der Waals surface area contributed by atoms with Crippen molar-refractivity contribution < 1.29 is 19.8 Å². The first-order valence-electron chi connectivity index (χ1n) is 9.67. The van der Waals surface area contributed by atoms with Crippen LogP contribution in [0.15, 0.2) is 24.3 Å². The van der Waals surface area contributed by atoms with E-state index in [1.807, 2.05) is 18.7 Å². The van der Waals surface area contributed by atoms with Crippen LogP contribution in [-0.2, 0) is 4.79 Å². The van der Waals surface area contributed by atoms with Crippen LogP contribution in [0.25, 0.3) is 0 Å². The van der Waals surface area contributed by atoms with Crippen molar-refractivity contribution in [2.45, 2.75) is 50.1 Å². The van der Waals surface area contributed by atoms with E-state index in [4.69, 9.17) is 0 Å². The fourth-order valence-electron chi connectivity index (χ4n) is 3.63. The van der Waals surface area contributed by atoms with Gasteiger partial charge < -0.3 is 15.5 Å². The van der Waals surface area contributed by atoms with Gasteiger partial charge in [-0.3, -0.25) is 19.7 Å². The van der Waals surface area contributed by atoms with Crippen molar-refractivity contribution in [1.82, 2.24) is 10.2 Å². The largest absolute Gasteiger partial charge is 0.348 e. The summed E-state index contributed by atoms with van der Waals surface area (Å²) < 4.78 is 0. The summed E-state index contributed by atoms with van der Waals surface area (Å²) in [5.41, 5.74) is 0.447. The zero-order chi connectivity index (χ0) is 20.3. The molecule has 1 spiro atoms. The minimum absolute atomic E-state index is 0.0205. The molecule has 2 fully saturated rings. The molecule has 28 heavy (non-hydrogen) atoms. The maximum atomic E-state index is 12.7. The molecule has 2 heterocycles. The first-order valence-corrected chi connectivity index (χ1v) is 10.7. The first kappa shape index (κ1) is 20.6. The molecule has 0 unspecified atom stereocenters. The Labute approximate surface area is 168 Å². The van der Waals surface area contributed by atoms with Crippen LogP contribution >= 0.6 is 11.8 Å². The van der Waals surface area contributed by atoms with E-state index in [1.54, 1.807) is 4.90 Å². The van der Waals surface area contributed by atoms with Crippen molar-refractivity contribution in [2.75, 3.05) is 18.8 Å². The van der Waals surface area contributed by atoms with Crippen LogP contribution in [0.4, 0.5) is 5.69 Å². The van der Waals surface area contributed by atoms with Crippen LogP contribution in [0.2, 0.25) is 0 Å². The van der Waals surface area contributed by atoms with E-state index < -0.39 is 4.92 Å². The number of hydrogen-bond acceptors (Lipinski definition) is 5. The van der Waals surface area contributed by atoms with Gasteiger partial charge in [0.25, 0.3) is 17.5 Å². The molecule has 0 aromatic heterocycles. The third-order valence-electron chi connectivity index (χ3n) is 5.62. The van der Waals surface area contributed by atoms with E-state index in [-0.39, 0.29) is 34.5 Å². The second-order valence-electron chi connectivity index (χ2n) is 7.56. The number of nitrogens with two attached hydrogens (primary N) is 1. The van der Waals surface area contributed by atoms with Crippen LogP contribution in [0, 0.1) is 10.1 Å². The number of thioether (sulfide) groups is 1. The quantitative estimate of drug-likeness (QED) is 0.562. The molecule has 2 aliphatic heterocycles. The number of quaternary nitrogens is 1. The third kappa shape index (κ3) is 4.47. The third-order valence-corrected chi connectivity index (χ3v) is 7.26. The monoisotopic (exact) mass is 407 g/mol.